The molecule has 1 unspecified atom stereocenters. The number of nitrogens with one attached hydrogen (secondary N) is 1. The highest BCUT2D eigenvalue weighted by atomic mass is 35.5. The van der Waals surface area contributed by atoms with E-state index < -0.39 is 16.8 Å². The van der Waals surface area contributed by atoms with Gasteiger partial charge in [0, 0.05) is 27.3 Å². The Bertz CT molecular complexity index is 807. The van der Waals surface area contributed by atoms with Crippen LogP contribution in [-0.2, 0) is 21.3 Å². The fourth-order valence-electron chi connectivity index (χ4n) is 2.04. The molecule has 0 bridgehead atoms. The molecule has 0 aliphatic carbocycles. The molecule has 0 aromatic heterocycles. The summed E-state index contributed by atoms with van der Waals surface area (Å²) in [6.07, 6.45) is 0. The van der Waals surface area contributed by atoms with Gasteiger partial charge in [-0.25, -0.2) is 4.79 Å². The highest BCUT2D eigenvalue weighted by Crippen LogP contribution is 2.20. The third-order valence-electron chi connectivity index (χ3n) is 3.25. The molecule has 0 saturated heterocycles. The molecule has 0 heterocycles. The number of carbonyl (C=O) groups excluding carboxylic acids is 1. The molecule has 24 heavy (non-hydrogen) atoms. The van der Waals surface area contributed by atoms with Crippen LogP contribution in [0.25, 0.3) is 0 Å². The van der Waals surface area contributed by atoms with Gasteiger partial charge in [0.15, 0.2) is 0 Å². The van der Waals surface area contributed by atoms with Gasteiger partial charge in [-0.3, -0.25) is 9.00 Å². The Hall–Kier alpha value is -2.18. The second-order valence-corrected chi connectivity index (χ2v) is 7.11. The summed E-state index contributed by atoms with van der Waals surface area (Å²) >= 11 is 5.99. The van der Waals surface area contributed by atoms with Crippen LogP contribution < -0.4 is 5.32 Å². The van der Waals surface area contributed by atoms with E-state index in [4.69, 9.17) is 16.7 Å². The Labute approximate surface area is 147 Å². The summed E-state index contributed by atoms with van der Waals surface area (Å²) in [5, 5.41) is 12.1. The molecule has 0 aliphatic rings. The molecule has 126 valence electrons. The maximum absolute atomic E-state index is 12.1. The first-order valence-corrected chi connectivity index (χ1v) is 8.95. The van der Waals surface area contributed by atoms with Gasteiger partial charge in [-0.15, -0.1) is 0 Å². The van der Waals surface area contributed by atoms with Crippen molar-refractivity contribution in [1.82, 2.24) is 0 Å². The van der Waals surface area contributed by atoms with Crippen molar-refractivity contribution in [2.24, 2.45) is 0 Å². The van der Waals surface area contributed by atoms with Gasteiger partial charge in [-0.05, 0) is 42.3 Å². The van der Waals surface area contributed by atoms with E-state index in [1.807, 2.05) is 6.92 Å². The van der Waals surface area contributed by atoms with Gasteiger partial charge < -0.3 is 10.4 Å². The standard InChI is InChI=1S/C17H16ClNO4S/c1-11-5-6-14(8-15(11)18)19-16(20)10-24(23)9-12-3-2-4-13(7-12)17(21)22/h2-8H,9-10H2,1H3,(H,19,20)(H,21,22). The van der Waals surface area contributed by atoms with Crippen LogP contribution in [0.2, 0.25) is 5.02 Å². The fourth-order valence-corrected chi connectivity index (χ4v) is 3.24. The Balaban J connectivity index is 1.94. The number of hydrogen-bond acceptors (Lipinski definition) is 3. The fraction of sp³-hybridized carbons (Fsp3) is 0.176. The van der Waals surface area contributed by atoms with Crippen molar-refractivity contribution < 1.29 is 18.9 Å². The monoisotopic (exact) mass is 365 g/mol. The molecule has 2 aromatic rings. The molecule has 2 rings (SSSR count). The van der Waals surface area contributed by atoms with Gasteiger partial charge in [-0.1, -0.05) is 29.8 Å². The maximum Gasteiger partial charge on any atom is 0.335 e. The second-order valence-electron chi connectivity index (χ2n) is 5.25. The molecular weight excluding hydrogens is 350 g/mol. The molecule has 7 heteroatoms. The van der Waals surface area contributed by atoms with Gasteiger partial charge in [0.05, 0.1) is 5.56 Å². The first-order valence-electron chi connectivity index (χ1n) is 7.08. The predicted octanol–water partition coefficient (Wildman–Crippen LogP) is 3.23. The number of carboxylic acid groups (broad SMARTS) is 1. The quantitative estimate of drug-likeness (QED) is 0.823. The van der Waals surface area contributed by atoms with Crippen molar-refractivity contribution in [2.45, 2.75) is 12.7 Å². The predicted molar refractivity (Wildman–Crippen MR) is 94.9 cm³/mol. The number of carboxylic acids is 1. The van der Waals surface area contributed by atoms with Gasteiger partial charge in [-0.2, -0.15) is 0 Å². The number of aryl methyl sites for hydroxylation is 1. The summed E-state index contributed by atoms with van der Waals surface area (Å²) < 4.78 is 12.1. The van der Waals surface area contributed by atoms with Crippen molar-refractivity contribution in [3.05, 3.63) is 64.2 Å². The molecular formula is C17H16ClNO4S. The maximum atomic E-state index is 12.1. The molecule has 5 nitrogen and oxygen atoms in total. The Morgan fingerprint density at radius 2 is 1.96 bits per heavy atom. The average Bonchev–Trinajstić information content (AvgIpc) is 2.51. The molecule has 0 radical (unpaired) electrons. The minimum atomic E-state index is -1.44. The van der Waals surface area contributed by atoms with Crippen molar-refractivity contribution in [3.63, 3.8) is 0 Å². The Morgan fingerprint density at radius 1 is 1.21 bits per heavy atom. The summed E-state index contributed by atoms with van der Waals surface area (Å²) in [5.74, 6) is -1.49. The van der Waals surface area contributed by atoms with E-state index in [0.717, 1.165) is 5.56 Å². The number of benzene rings is 2. The van der Waals surface area contributed by atoms with Gasteiger partial charge >= 0.3 is 5.97 Å². The van der Waals surface area contributed by atoms with Crippen LogP contribution in [-0.4, -0.2) is 26.9 Å². The second kappa shape index (κ2) is 8.08. The SMILES string of the molecule is Cc1ccc(NC(=O)CS(=O)Cc2cccc(C(=O)O)c2)cc1Cl. The van der Waals surface area contributed by atoms with E-state index in [-0.39, 0.29) is 23.0 Å². The average molecular weight is 366 g/mol. The molecule has 0 spiro atoms. The molecule has 0 aliphatic heterocycles. The Morgan fingerprint density at radius 3 is 2.62 bits per heavy atom. The first kappa shape index (κ1) is 18.2. The minimum absolute atomic E-state index is 0.114. The summed E-state index contributed by atoms with van der Waals surface area (Å²) in [4.78, 5) is 22.9. The van der Waals surface area contributed by atoms with Crippen molar-refractivity contribution in [1.29, 1.82) is 0 Å². The molecule has 0 saturated carbocycles. The third-order valence-corrected chi connectivity index (χ3v) is 4.90. The van der Waals surface area contributed by atoms with Crippen LogP contribution in [0, 0.1) is 6.92 Å². The van der Waals surface area contributed by atoms with E-state index in [1.54, 1.807) is 30.3 Å². The van der Waals surface area contributed by atoms with Crippen LogP contribution in [0.3, 0.4) is 0 Å². The van der Waals surface area contributed by atoms with Crippen LogP contribution in [0.5, 0.6) is 0 Å². The number of aromatic carboxylic acids is 1. The lowest BCUT2D eigenvalue weighted by Crippen LogP contribution is -2.20. The molecule has 2 aromatic carbocycles. The lowest BCUT2D eigenvalue weighted by atomic mass is 10.1. The zero-order valence-electron chi connectivity index (χ0n) is 12.9. The van der Waals surface area contributed by atoms with E-state index in [1.165, 1.54) is 12.1 Å². The van der Waals surface area contributed by atoms with E-state index in [2.05, 4.69) is 5.32 Å². The molecule has 1 atom stereocenters. The van der Waals surface area contributed by atoms with Crippen molar-refractivity contribution >= 4 is 40.0 Å². The lowest BCUT2D eigenvalue weighted by Gasteiger charge is -2.07. The smallest absolute Gasteiger partial charge is 0.335 e. The topological polar surface area (TPSA) is 83.5 Å². The lowest BCUT2D eigenvalue weighted by molar-refractivity contribution is -0.113. The normalized spacial score (nSPS) is 11.8. The minimum Gasteiger partial charge on any atom is -0.478 e. The van der Waals surface area contributed by atoms with Crippen molar-refractivity contribution in [2.75, 3.05) is 11.1 Å². The number of carbonyl (C=O) groups is 2. The van der Waals surface area contributed by atoms with Gasteiger partial charge in [0.1, 0.15) is 5.75 Å². The third kappa shape index (κ3) is 5.18. The highest BCUT2D eigenvalue weighted by Gasteiger charge is 2.11. The van der Waals surface area contributed by atoms with Crippen LogP contribution >= 0.6 is 11.6 Å². The summed E-state index contributed by atoms with van der Waals surface area (Å²) in [6, 6.07) is 11.3. The zero-order valence-corrected chi connectivity index (χ0v) is 14.5. The highest BCUT2D eigenvalue weighted by molar-refractivity contribution is 7.84. The van der Waals surface area contributed by atoms with Crippen LogP contribution in [0.4, 0.5) is 5.69 Å². The zero-order chi connectivity index (χ0) is 17.7. The molecule has 1 amide bonds. The summed E-state index contributed by atoms with van der Waals surface area (Å²) in [7, 11) is -1.44. The van der Waals surface area contributed by atoms with E-state index >= 15 is 0 Å². The summed E-state index contributed by atoms with van der Waals surface area (Å²) in [5.41, 5.74) is 2.18. The van der Waals surface area contributed by atoms with E-state index in [9.17, 15) is 13.8 Å². The van der Waals surface area contributed by atoms with Crippen molar-refractivity contribution in [3.8, 4) is 0 Å². The summed E-state index contributed by atoms with van der Waals surface area (Å²) in [6.45, 7) is 1.86. The number of amides is 1. The molecule has 0 fully saturated rings. The first-order chi connectivity index (χ1) is 11.3. The number of hydrogen-bond donors (Lipinski definition) is 2. The number of rotatable bonds is 6. The van der Waals surface area contributed by atoms with E-state index in [0.29, 0.717) is 16.3 Å². The van der Waals surface area contributed by atoms with Gasteiger partial charge in [0.25, 0.3) is 0 Å². The number of halogens is 1. The number of anilines is 1. The van der Waals surface area contributed by atoms with Gasteiger partial charge in [0.2, 0.25) is 5.91 Å². The van der Waals surface area contributed by atoms with Crippen LogP contribution in [0.15, 0.2) is 42.5 Å². The largest absolute Gasteiger partial charge is 0.478 e. The Kier molecular flexibility index (Phi) is 6.11. The molecule has 2 N–H and O–H groups in total. The van der Waals surface area contributed by atoms with Crippen LogP contribution in [0.1, 0.15) is 21.5 Å².